The van der Waals surface area contributed by atoms with E-state index in [0.29, 0.717) is 0 Å². The maximum Gasteiger partial charge on any atom is 0.249 e. The Morgan fingerprint density at radius 1 is 1.20 bits per heavy atom. The molecule has 0 spiro atoms. The van der Waals surface area contributed by atoms with Crippen molar-refractivity contribution >= 4 is 11.6 Å². The Bertz CT molecular complexity index is 336. The second-order valence-corrected chi connectivity index (χ2v) is 4.27. The summed E-state index contributed by atoms with van der Waals surface area (Å²) in [4.78, 5) is 11.7. The van der Waals surface area contributed by atoms with Gasteiger partial charge in [-0.3, -0.25) is 4.79 Å². The van der Waals surface area contributed by atoms with Crippen LogP contribution in [0.1, 0.15) is 31.2 Å². The van der Waals surface area contributed by atoms with Crippen LogP contribution in [0.25, 0.3) is 0 Å². The minimum absolute atomic E-state index is 0.0661. The highest BCUT2D eigenvalue weighted by Gasteiger charge is 2.23. The lowest BCUT2D eigenvalue weighted by molar-refractivity contribution is -0.123. The maximum atomic E-state index is 11.7. The maximum absolute atomic E-state index is 11.7. The highest BCUT2D eigenvalue weighted by molar-refractivity contribution is 5.82. The van der Waals surface area contributed by atoms with Crippen LogP contribution in [0.2, 0.25) is 0 Å². The van der Waals surface area contributed by atoms with E-state index in [2.05, 4.69) is 5.32 Å². The van der Waals surface area contributed by atoms with Crippen LogP contribution < -0.4 is 5.32 Å². The topological polar surface area (TPSA) is 31.2 Å². The third-order valence-electron chi connectivity index (χ3n) is 2.98. The quantitative estimate of drug-likeness (QED) is 0.725. The van der Waals surface area contributed by atoms with Gasteiger partial charge in [0.2, 0.25) is 5.91 Å². The normalized spacial score (nSPS) is 16.6. The molecule has 0 heterocycles. The van der Waals surface area contributed by atoms with Crippen molar-refractivity contribution in [2.75, 3.05) is 0 Å². The molecule has 0 aliphatic heterocycles. The number of rotatable bonds is 2. The van der Waals surface area contributed by atoms with Gasteiger partial charge in [0.15, 0.2) is 0 Å². The number of aryl methyl sites for hydroxylation is 1. The summed E-state index contributed by atoms with van der Waals surface area (Å²) in [5.74, 6) is 0.252. The van der Waals surface area contributed by atoms with Gasteiger partial charge < -0.3 is 0 Å². The minimum atomic E-state index is 0.0661. The molecule has 1 aromatic carbocycles. The second kappa shape index (κ2) is 4.47. The van der Waals surface area contributed by atoms with E-state index in [4.69, 9.17) is 0 Å². The zero-order chi connectivity index (χ0) is 10.7. The van der Waals surface area contributed by atoms with E-state index < -0.39 is 0 Å². The molecule has 1 radical (unpaired) electrons. The Kier molecular flexibility index (Phi) is 3.05. The largest absolute Gasteiger partial charge is 0.272 e. The van der Waals surface area contributed by atoms with Crippen LogP contribution in [0.5, 0.6) is 0 Å². The molecule has 0 bridgehead atoms. The van der Waals surface area contributed by atoms with E-state index in [1.165, 1.54) is 18.4 Å². The lowest BCUT2D eigenvalue weighted by Gasteiger charge is -2.07. The Labute approximate surface area is 90.7 Å². The van der Waals surface area contributed by atoms with Gasteiger partial charge in [-0.15, -0.1) is 0 Å². The number of hydrogen-bond donors (Lipinski definition) is 0. The standard InChI is InChI=1S/C13H16NO/c1-10-6-8-12(9-7-10)14-13(15)11-4-2-3-5-11/h6-9,11H,2-5H2,1H3. The van der Waals surface area contributed by atoms with Gasteiger partial charge >= 0.3 is 0 Å². The molecular formula is C13H16NO. The molecule has 0 N–H and O–H groups in total. The third-order valence-corrected chi connectivity index (χ3v) is 2.98. The van der Waals surface area contributed by atoms with E-state index in [1.807, 2.05) is 31.2 Å². The number of nitrogens with zero attached hydrogens (tertiary/aromatic N) is 1. The monoisotopic (exact) mass is 202 g/mol. The van der Waals surface area contributed by atoms with Gasteiger partial charge in [-0.25, -0.2) is 5.32 Å². The van der Waals surface area contributed by atoms with Crippen LogP contribution >= 0.6 is 0 Å². The average Bonchev–Trinajstić information content (AvgIpc) is 2.74. The zero-order valence-electron chi connectivity index (χ0n) is 9.07. The van der Waals surface area contributed by atoms with Crippen molar-refractivity contribution in [3.05, 3.63) is 29.8 Å². The van der Waals surface area contributed by atoms with Crippen LogP contribution in [0.3, 0.4) is 0 Å². The molecule has 1 aliphatic rings. The van der Waals surface area contributed by atoms with Gasteiger partial charge in [-0.05, 0) is 31.9 Å². The summed E-state index contributed by atoms with van der Waals surface area (Å²) in [6, 6.07) is 7.78. The number of carbonyl (C=O) groups excluding carboxylic acids is 1. The first-order valence-corrected chi connectivity index (χ1v) is 5.58. The molecular weight excluding hydrogens is 186 g/mol. The van der Waals surface area contributed by atoms with Crippen molar-refractivity contribution in [1.29, 1.82) is 0 Å². The van der Waals surface area contributed by atoms with Crippen LogP contribution in [0.4, 0.5) is 5.69 Å². The molecule has 1 amide bonds. The van der Waals surface area contributed by atoms with Crippen LogP contribution in [0, 0.1) is 12.8 Å². The predicted molar refractivity (Wildman–Crippen MR) is 59.9 cm³/mol. The molecule has 1 aromatic rings. The van der Waals surface area contributed by atoms with Gasteiger partial charge in [0.25, 0.3) is 0 Å². The van der Waals surface area contributed by atoms with Crippen molar-refractivity contribution in [3.63, 3.8) is 0 Å². The molecule has 1 aliphatic carbocycles. The van der Waals surface area contributed by atoms with Crippen molar-refractivity contribution in [2.24, 2.45) is 5.92 Å². The summed E-state index contributed by atoms with van der Waals surface area (Å²) in [7, 11) is 0. The smallest absolute Gasteiger partial charge is 0.249 e. The van der Waals surface area contributed by atoms with Gasteiger partial charge in [0.05, 0.1) is 5.69 Å². The summed E-state index contributed by atoms with van der Waals surface area (Å²) in [6.45, 7) is 2.03. The number of carbonyl (C=O) groups is 1. The summed E-state index contributed by atoms with van der Waals surface area (Å²) in [5.41, 5.74) is 1.99. The molecule has 15 heavy (non-hydrogen) atoms. The lowest BCUT2D eigenvalue weighted by atomic mass is 10.1. The fourth-order valence-corrected chi connectivity index (χ4v) is 2.01. The third kappa shape index (κ3) is 2.58. The molecule has 0 saturated heterocycles. The van der Waals surface area contributed by atoms with Crippen LogP contribution in [-0.4, -0.2) is 5.91 Å². The molecule has 2 rings (SSSR count). The van der Waals surface area contributed by atoms with Gasteiger partial charge in [0, 0.05) is 5.92 Å². The van der Waals surface area contributed by atoms with Crippen LogP contribution in [-0.2, 0) is 4.79 Å². The average molecular weight is 202 g/mol. The lowest BCUT2D eigenvalue weighted by Crippen LogP contribution is -2.19. The Balaban J connectivity index is 1.96. The molecule has 2 nitrogen and oxygen atoms in total. The summed E-state index contributed by atoms with van der Waals surface area (Å²) < 4.78 is 0. The second-order valence-electron chi connectivity index (χ2n) is 4.27. The van der Waals surface area contributed by atoms with Gasteiger partial charge in [-0.2, -0.15) is 0 Å². The van der Waals surface area contributed by atoms with E-state index in [9.17, 15) is 4.79 Å². The first-order chi connectivity index (χ1) is 7.25. The zero-order valence-corrected chi connectivity index (χ0v) is 9.07. The summed E-state index contributed by atoms with van der Waals surface area (Å²) in [5, 5.41) is 4.14. The van der Waals surface area contributed by atoms with E-state index in [-0.39, 0.29) is 11.8 Å². The fraction of sp³-hybridized carbons (Fsp3) is 0.462. The Hall–Kier alpha value is -1.31. The minimum Gasteiger partial charge on any atom is -0.272 e. The van der Waals surface area contributed by atoms with Gasteiger partial charge in [-0.1, -0.05) is 30.5 Å². The predicted octanol–water partition coefficient (Wildman–Crippen LogP) is 2.95. The molecule has 0 aromatic heterocycles. The van der Waals surface area contributed by atoms with E-state index >= 15 is 0 Å². The Morgan fingerprint density at radius 3 is 2.40 bits per heavy atom. The summed E-state index contributed by atoms with van der Waals surface area (Å²) in [6.07, 6.45) is 4.40. The van der Waals surface area contributed by atoms with Crippen LogP contribution in [0.15, 0.2) is 24.3 Å². The molecule has 0 unspecified atom stereocenters. The summed E-state index contributed by atoms with van der Waals surface area (Å²) >= 11 is 0. The SMILES string of the molecule is Cc1ccc([N]C(=O)C2CCCC2)cc1. The first-order valence-electron chi connectivity index (χ1n) is 5.58. The Morgan fingerprint density at radius 2 is 1.80 bits per heavy atom. The fourth-order valence-electron chi connectivity index (χ4n) is 2.01. The molecule has 1 fully saturated rings. The highest BCUT2D eigenvalue weighted by Crippen LogP contribution is 2.26. The first kappa shape index (κ1) is 10.2. The van der Waals surface area contributed by atoms with E-state index in [1.54, 1.807) is 0 Å². The van der Waals surface area contributed by atoms with Crippen molar-refractivity contribution in [3.8, 4) is 0 Å². The molecule has 1 saturated carbocycles. The van der Waals surface area contributed by atoms with Gasteiger partial charge in [0.1, 0.15) is 0 Å². The molecule has 79 valence electrons. The van der Waals surface area contributed by atoms with Crippen molar-refractivity contribution < 1.29 is 4.79 Å². The molecule has 0 atom stereocenters. The number of hydrogen-bond acceptors (Lipinski definition) is 1. The van der Waals surface area contributed by atoms with Crippen molar-refractivity contribution in [2.45, 2.75) is 32.6 Å². The number of amides is 1. The highest BCUT2D eigenvalue weighted by atomic mass is 16.1. The number of benzene rings is 1. The van der Waals surface area contributed by atoms with E-state index in [0.717, 1.165) is 18.5 Å². The van der Waals surface area contributed by atoms with Crippen molar-refractivity contribution in [1.82, 2.24) is 5.32 Å². The molecule has 2 heteroatoms.